The van der Waals surface area contributed by atoms with Gasteiger partial charge in [-0.3, -0.25) is 9.48 Å². The van der Waals surface area contributed by atoms with Crippen LogP contribution in [0, 0.1) is 11.6 Å². The van der Waals surface area contributed by atoms with Gasteiger partial charge < -0.3 is 15.2 Å². The summed E-state index contributed by atoms with van der Waals surface area (Å²) in [5, 5.41) is 16.2. The fraction of sp³-hybridized carbons (Fsp3) is 0.292. The Hall–Kier alpha value is -3.96. The number of aromatic nitrogens is 2. The fourth-order valence-corrected chi connectivity index (χ4v) is 3.97. The molecule has 1 heterocycles. The topological polar surface area (TPSA) is 93.5 Å². The van der Waals surface area contributed by atoms with Crippen LogP contribution in [-0.2, 0) is 10.2 Å². The molecule has 0 spiro atoms. The van der Waals surface area contributed by atoms with Crippen molar-refractivity contribution >= 4 is 17.6 Å². The van der Waals surface area contributed by atoms with Gasteiger partial charge in [-0.15, -0.1) is 13.2 Å². The van der Waals surface area contributed by atoms with E-state index in [0.717, 1.165) is 24.3 Å². The highest BCUT2D eigenvalue weighted by Gasteiger charge is 2.53. The molecule has 12 heteroatoms. The van der Waals surface area contributed by atoms with Gasteiger partial charge in [0, 0.05) is 40.7 Å². The van der Waals surface area contributed by atoms with Crippen molar-refractivity contribution in [2.75, 3.05) is 5.32 Å². The number of benzene rings is 2. The summed E-state index contributed by atoms with van der Waals surface area (Å²) in [4.78, 5) is 24.9. The van der Waals surface area contributed by atoms with Crippen molar-refractivity contribution < 1.29 is 41.4 Å². The molecular formula is C24H20F5N3O4. The summed E-state index contributed by atoms with van der Waals surface area (Å²) in [6.07, 6.45) is -1.79. The van der Waals surface area contributed by atoms with Crippen LogP contribution in [0.3, 0.4) is 0 Å². The molecule has 0 unspecified atom stereocenters. The molecule has 1 amide bonds. The molecule has 190 valence electrons. The monoisotopic (exact) mass is 509 g/mol. The standard InChI is InChI=1S/C24H20F5N3O4/c1-12(2)32-11-13(10-30-32)20-16(21(33)34)7-14(8-19(20)26)31-22(35)23(5-6-23)17-4-3-15(9-18(17)25)36-24(27,28)29/h3-4,7-12H,5-6H2,1-2H3,(H,31,35)(H,33,34). The van der Waals surface area contributed by atoms with E-state index in [9.17, 15) is 32.3 Å². The van der Waals surface area contributed by atoms with Crippen LogP contribution in [0.4, 0.5) is 27.6 Å². The summed E-state index contributed by atoms with van der Waals surface area (Å²) >= 11 is 0. The molecule has 4 rings (SSSR count). The molecule has 0 radical (unpaired) electrons. The number of nitrogens with zero attached hydrogens (tertiary/aromatic N) is 2. The van der Waals surface area contributed by atoms with Gasteiger partial charge in [-0.1, -0.05) is 6.07 Å². The second-order valence-electron chi connectivity index (χ2n) is 8.71. The molecule has 3 aromatic rings. The number of rotatable bonds is 7. The van der Waals surface area contributed by atoms with E-state index < -0.39 is 46.6 Å². The first-order valence-corrected chi connectivity index (χ1v) is 10.8. The molecule has 1 aliphatic carbocycles. The number of alkyl halides is 3. The molecule has 2 N–H and O–H groups in total. The number of halogens is 5. The maximum Gasteiger partial charge on any atom is 0.573 e. The number of anilines is 1. The highest BCUT2D eigenvalue weighted by atomic mass is 19.4. The quantitative estimate of drug-likeness (QED) is 0.400. The Bertz CT molecular complexity index is 1350. The van der Waals surface area contributed by atoms with Gasteiger partial charge >= 0.3 is 12.3 Å². The van der Waals surface area contributed by atoms with Gasteiger partial charge in [0.1, 0.15) is 17.4 Å². The second-order valence-corrected chi connectivity index (χ2v) is 8.71. The Balaban J connectivity index is 1.62. The summed E-state index contributed by atoms with van der Waals surface area (Å²) < 4.78 is 72.1. The van der Waals surface area contributed by atoms with Gasteiger partial charge in [-0.2, -0.15) is 5.10 Å². The smallest absolute Gasteiger partial charge is 0.478 e. The minimum Gasteiger partial charge on any atom is -0.478 e. The lowest BCUT2D eigenvalue weighted by Gasteiger charge is -2.18. The summed E-state index contributed by atoms with van der Waals surface area (Å²) in [5.74, 6) is -4.95. The summed E-state index contributed by atoms with van der Waals surface area (Å²) in [6.45, 7) is 3.69. The van der Waals surface area contributed by atoms with Crippen LogP contribution in [0.15, 0.2) is 42.7 Å². The Morgan fingerprint density at radius 3 is 2.36 bits per heavy atom. The molecular weight excluding hydrogens is 489 g/mol. The maximum absolute atomic E-state index is 15.1. The fourth-order valence-electron chi connectivity index (χ4n) is 3.97. The lowest BCUT2D eigenvalue weighted by Crippen LogP contribution is -2.29. The first-order chi connectivity index (χ1) is 16.8. The van der Waals surface area contributed by atoms with Crippen LogP contribution in [0.5, 0.6) is 5.75 Å². The predicted molar refractivity (Wildman–Crippen MR) is 118 cm³/mol. The Labute approximate surface area is 201 Å². The SMILES string of the molecule is CC(C)n1cc(-c2c(F)cc(NC(=O)C3(c4ccc(OC(F)(F)F)cc4F)CC3)cc2C(=O)O)cn1. The Kier molecular flexibility index (Phi) is 6.23. The number of aromatic carboxylic acids is 1. The zero-order valence-electron chi connectivity index (χ0n) is 19.0. The van der Waals surface area contributed by atoms with Crippen molar-refractivity contribution in [3.63, 3.8) is 0 Å². The van der Waals surface area contributed by atoms with E-state index in [0.29, 0.717) is 6.07 Å². The van der Waals surface area contributed by atoms with E-state index in [1.807, 2.05) is 13.8 Å². The highest BCUT2D eigenvalue weighted by molar-refractivity contribution is 6.03. The number of carboxylic acid groups (broad SMARTS) is 1. The molecule has 1 saturated carbocycles. The third-order valence-electron chi connectivity index (χ3n) is 5.87. The zero-order valence-corrected chi connectivity index (χ0v) is 19.0. The first kappa shape index (κ1) is 25.1. The van der Waals surface area contributed by atoms with Crippen molar-refractivity contribution in [1.82, 2.24) is 9.78 Å². The molecule has 0 atom stereocenters. The number of hydrogen-bond donors (Lipinski definition) is 2. The summed E-state index contributed by atoms with van der Waals surface area (Å²) in [7, 11) is 0. The van der Waals surface area contributed by atoms with Crippen LogP contribution >= 0.6 is 0 Å². The van der Waals surface area contributed by atoms with E-state index in [4.69, 9.17) is 0 Å². The number of amides is 1. The number of carboxylic acids is 1. The predicted octanol–water partition coefficient (Wildman–Crippen LogP) is 5.68. The molecule has 0 aliphatic heterocycles. The van der Waals surface area contributed by atoms with E-state index in [1.54, 1.807) is 0 Å². The van der Waals surface area contributed by atoms with Crippen molar-refractivity contribution in [1.29, 1.82) is 0 Å². The number of carbonyl (C=O) groups is 2. The second kappa shape index (κ2) is 8.92. The van der Waals surface area contributed by atoms with Gasteiger partial charge in [-0.25, -0.2) is 13.6 Å². The molecule has 0 bridgehead atoms. The first-order valence-electron chi connectivity index (χ1n) is 10.8. The third-order valence-corrected chi connectivity index (χ3v) is 5.87. The van der Waals surface area contributed by atoms with Gasteiger partial charge in [0.05, 0.1) is 17.2 Å². The lowest BCUT2D eigenvalue weighted by atomic mass is 9.93. The van der Waals surface area contributed by atoms with Gasteiger partial charge in [0.2, 0.25) is 5.91 Å². The molecule has 36 heavy (non-hydrogen) atoms. The zero-order chi connectivity index (χ0) is 26.4. The average molecular weight is 509 g/mol. The Morgan fingerprint density at radius 2 is 1.83 bits per heavy atom. The summed E-state index contributed by atoms with van der Waals surface area (Å²) in [6, 6.07) is 4.44. The number of carbonyl (C=O) groups excluding carboxylic acids is 1. The van der Waals surface area contributed by atoms with Crippen LogP contribution in [-0.4, -0.2) is 33.1 Å². The lowest BCUT2D eigenvalue weighted by molar-refractivity contribution is -0.274. The van der Waals surface area contributed by atoms with Crippen molar-refractivity contribution in [3.05, 3.63) is 65.5 Å². The van der Waals surface area contributed by atoms with Crippen LogP contribution in [0.25, 0.3) is 11.1 Å². The number of ether oxygens (including phenoxy) is 1. The van der Waals surface area contributed by atoms with Crippen LogP contribution < -0.4 is 10.1 Å². The summed E-state index contributed by atoms with van der Waals surface area (Å²) in [5.41, 5.74) is -2.10. The van der Waals surface area contributed by atoms with Crippen molar-refractivity contribution in [3.8, 4) is 16.9 Å². The van der Waals surface area contributed by atoms with Crippen molar-refractivity contribution in [2.45, 2.75) is 44.5 Å². The minimum atomic E-state index is -5.01. The molecule has 7 nitrogen and oxygen atoms in total. The van der Waals surface area contributed by atoms with E-state index in [2.05, 4.69) is 15.2 Å². The van der Waals surface area contributed by atoms with Crippen LogP contribution in [0.1, 0.15) is 48.7 Å². The normalized spacial score (nSPS) is 14.6. The molecule has 2 aromatic carbocycles. The Morgan fingerprint density at radius 1 is 1.14 bits per heavy atom. The van der Waals surface area contributed by atoms with E-state index in [-0.39, 0.29) is 41.3 Å². The molecule has 1 fully saturated rings. The maximum atomic E-state index is 15.1. The molecule has 0 saturated heterocycles. The number of hydrogen-bond acceptors (Lipinski definition) is 4. The van der Waals surface area contributed by atoms with Gasteiger partial charge in [0.25, 0.3) is 0 Å². The third kappa shape index (κ3) is 4.88. The largest absolute Gasteiger partial charge is 0.573 e. The molecule has 1 aliphatic rings. The minimum absolute atomic E-state index is 0.0436. The van der Waals surface area contributed by atoms with E-state index >= 15 is 4.39 Å². The van der Waals surface area contributed by atoms with Crippen molar-refractivity contribution in [2.24, 2.45) is 0 Å². The average Bonchev–Trinajstić information content (AvgIpc) is 3.41. The number of nitrogens with one attached hydrogen (secondary N) is 1. The van der Waals surface area contributed by atoms with Gasteiger partial charge in [-0.05, 0) is 44.9 Å². The molecule has 1 aromatic heterocycles. The van der Waals surface area contributed by atoms with E-state index in [1.165, 1.54) is 17.1 Å². The highest BCUT2D eigenvalue weighted by Crippen LogP contribution is 2.50. The van der Waals surface area contributed by atoms with Gasteiger partial charge in [0.15, 0.2) is 0 Å². The van der Waals surface area contributed by atoms with Crippen LogP contribution in [0.2, 0.25) is 0 Å².